The lowest BCUT2D eigenvalue weighted by molar-refractivity contribution is 0.115. The maximum Gasteiger partial charge on any atom is 0.407 e. The number of rotatable bonds is 4. The van der Waals surface area contributed by atoms with Gasteiger partial charge < -0.3 is 19.9 Å². The maximum absolute atomic E-state index is 11.2. The Morgan fingerprint density at radius 3 is 2.77 bits per heavy atom. The predicted molar refractivity (Wildman–Crippen MR) is 80.7 cm³/mol. The van der Waals surface area contributed by atoms with Crippen molar-refractivity contribution in [2.24, 2.45) is 0 Å². The van der Waals surface area contributed by atoms with E-state index in [-0.39, 0.29) is 11.8 Å². The van der Waals surface area contributed by atoms with Crippen LogP contribution in [0, 0.1) is 0 Å². The highest BCUT2D eigenvalue weighted by Crippen LogP contribution is 2.31. The Labute approximate surface area is 128 Å². The second-order valence-electron chi connectivity index (χ2n) is 5.12. The van der Waals surface area contributed by atoms with Gasteiger partial charge in [0.25, 0.3) is 0 Å². The van der Waals surface area contributed by atoms with Gasteiger partial charge in [-0.05, 0) is 17.7 Å². The molecule has 0 unspecified atom stereocenters. The summed E-state index contributed by atoms with van der Waals surface area (Å²) in [5.41, 5.74) is 1.73. The molecule has 0 bridgehead atoms. The van der Waals surface area contributed by atoms with Crippen molar-refractivity contribution in [3.63, 3.8) is 0 Å². The van der Waals surface area contributed by atoms with Gasteiger partial charge in [0.05, 0.1) is 12.6 Å². The molecule has 1 amide bonds. The first-order valence-corrected chi connectivity index (χ1v) is 7.15. The number of carbonyl (C=O) groups excluding carboxylic acids is 1. The Kier molecular flexibility index (Phi) is 4.14. The summed E-state index contributed by atoms with van der Waals surface area (Å²) in [6, 6.07) is 14.7. The minimum Gasteiger partial charge on any atom is -0.507 e. The molecule has 114 valence electrons. The van der Waals surface area contributed by atoms with Crippen molar-refractivity contribution in [1.29, 1.82) is 0 Å². The number of aromatic hydroxyl groups is 1. The summed E-state index contributed by atoms with van der Waals surface area (Å²) in [5.74, 6) is 0.696. The average Bonchev–Trinajstić information content (AvgIpc) is 2.54. The van der Waals surface area contributed by atoms with E-state index in [4.69, 9.17) is 9.47 Å². The molecule has 0 spiro atoms. The molecule has 2 aromatic rings. The zero-order valence-corrected chi connectivity index (χ0v) is 12.0. The summed E-state index contributed by atoms with van der Waals surface area (Å²) in [4.78, 5) is 11.2. The Hall–Kier alpha value is -2.69. The normalized spacial score (nSPS) is 17.5. The third-order valence-corrected chi connectivity index (χ3v) is 3.56. The van der Waals surface area contributed by atoms with Crippen LogP contribution in [0.25, 0.3) is 0 Å². The Balaban J connectivity index is 1.68. The van der Waals surface area contributed by atoms with Crippen LogP contribution in [-0.4, -0.2) is 17.8 Å². The molecule has 0 aliphatic carbocycles. The van der Waals surface area contributed by atoms with E-state index >= 15 is 0 Å². The number of phenolic OH excluding ortho intramolecular Hbond substituents is 1. The standard InChI is InChI=1S/C17H17NO4/c19-16-10-13(22-11-12-4-2-1-3-5-12)6-7-14(16)15-8-9-21-17(20)18-15/h1-7,10,15,19H,8-9,11H2,(H,18,20)/t15-/m1/s1. The number of amides is 1. The Bertz CT molecular complexity index is 657. The van der Waals surface area contributed by atoms with Crippen LogP contribution in [0.3, 0.4) is 0 Å². The first-order chi connectivity index (χ1) is 10.7. The van der Waals surface area contributed by atoms with Crippen LogP contribution in [0.1, 0.15) is 23.6 Å². The number of alkyl carbamates (subject to hydrolysis) is 1. The summed E-state index contributed by atoms with van der Waals surface area (Å²) < 4.78 is 10.5. The first kappa shape index (κ1) is 14.3. The molecule has 1 atom stereocenters. The fourth-order valence-corrected chi connectivity index (χ4v) is 2.41. The molecule has 0 radical (unpaired) electrons. The topological polar surface area (TPSA) is 67.8 Å². The van der Waals surface area contributed by atoms with Crippen molar-refractivity contribution < 1.29 is 19.4 Å². The van der Waals surface area contributed by atoms with E-state index in [1.165, 1.54) is 0 Å². The van der Waals surface area contributed by atoms with Gasteiger partial charge in [-0.15, -0.1) is 0 Å². The quantitative estimate of drug-likeness (QED) is 0.910. The number of phenols is 1. The summed E-state index contributed by atoms with van der Waals surface area (Å²) in [5, 5.41) is 12.8. The second kappa shape index (κ2) is 6.39. The van der Waals surface area contributed by atoms with Gasteiger partial charge in [0.1, 0.15) is 18.1 Å². The third-order valence-electron chi connectivity index (χ3n) is 3.56. The van der Waals surface area contributed by atoms with E-state index in [1.54, 1.807) is 18.2 Å². The van der Waals surface area contributed by atoms with E-state index < -0.39 is 6.09 Å². The zero-order chi connectivity index (χ0) is 15.4. The van der Waals surface area contributed by atoms with Gasteiger partial charge >= 0.3 is 6.09 Å². The van der Waals surface area contributed by atoms with Crippen molar-refractivity contribution in [3.8, 4) is 11.5 Å². The smallest absolute Gasteiger partial charge is 0.407 e. The monoisotopic (exact) mass is 299 g/mol. The first-order valence-electron chi connectivity index (χ1n) is 7.15. The number of hydrogen-bond donors (Lipinski definition) is 2. The SMILES string of the molecule is O=C1N[C@@H](c2ccc(OCc3ccccc3)cc2O)CCO1. The summed E-state index contributed by atoms with van der Waals surface area (Å²) in [6.07, 6.45) is 0.170. The van der Waals surface area contributed by atoms with Gasteiger partial charge in [-0.3, -0.25) is 0 Å². The minimum absolute atomic E-state index is 0.109. The second-order valence-corrected chi connectivity index (χ2v) is 5.12. The van der Waals surface area contributed by atoms with E-state index in [1.807, 2.05) is 30.3 Å². The van der Waals surface area contributed by atoms with Crippen LogP contribution in [0.2, 0.25) is 0 Å². The lowest BCUT2D eigenvalue weighted by atomic mass is 10.0. The van der Waals surface area contributed by atoms with E-state index in [9.17, 15) is 9.90 Å². The highest BCUT2D eigenvalue weighted by Gasteiger charge is 2.23. The van der Waals surface area contributed by atoms with E-state index in [0.29, 0.717) is 30.9 Å². The zero-order valence-electron chi connectivity index (χ0n) is 12.0. The molecule has 2 N–H and O–H groups in total. The Morgan fingerprint density at radius 1 is 1.23 bits per heavy atom. The predicted octanol–water partition coefficient (Wildman–Crippen LogP) is 3.14. The van der Waals surface area contributed by atoms with Gasteiger partial charge in [-0.2, -0.15) is 0 Å². The molecule has 22 heavy (non-hydrogen) atoms. The molecule has 2 aromatic carbocycles. The van der Waals surface area contributed by atoms with Crippen molar-refractivity contribution in [1.82, 2.24) is 5.32 Å². The molecular formula is C17H17NO4. The number of carbonyl (C=O) groups is 1. The maximum atomic E-state index is 11.2. The fourth-order valence-electron chi connectivity index (χ4n) is 2.41. The molecule has 1 fully saturated rings. The lowest BCUT2D eigenvalue weighted by Gasteiger charge is -2.24. The van der Waals surface area contributed by atoms with Crippen molar-refractivity contribution in [2.45, 2.75) is 19.1 Å². The largest absolute Gasteiger partial charge is 0.507 e. The molecular weight excluding hydrogens is 282 g/mol. The van der Waals surface area contributed by atoms with Crippen molar-refractivity contribution in [3.05, 3.63) is 59.7 Å². The molecule has 3 rings (SSSR count). The van der Waals surface area contributed by atoms with Gasteiger partial charge in [0.15, 0.2) is 0 Å². The van der Waals surface area contributed by atoms with Crippen molar-refractivity contribution >= 4 is 6.09 Å². The van der Waals surface area contributed by atoms with E-state index in [2.05, 4.69) is 5.32 Å². The lowest BCUT2D eigenvalue weighted by Crippen LogP contribution is -2.35. The molecule has 5 nitrogen and oxygen atoms in total. The molecule has 1 heterocycles. The summed E-state index contributed by atoms with van der Waals surface area (Å²) in [6.45, 7) is 0.788. The van der Waals surface area contributed by atoms with Crippen molar-refractivity contribution in [2.75, 3.05) is 6.61 Å². The van der Waals surface area contributed by atoms with Gasteiger partial charge in [0, 0.05) is 18.1 Å². The molecule has 5 heteroatoms. The third kappa shape index (κ3) is 3.31. The molecule has 0 aromatic heterocycles. The number of hydrogen-bond acceptors (Lipinski definition) is 4. The van der Waals surface area contributed by atoms with Gasteiger partial charge in [-0.25, -0.2) is 4.79 Å². The van der Waals surface area contributed by atoms with Crippen LogP contribution in [-0.2, 0) is 11.3 Å². The van der Waals surface area contributed by atoms with Crippen LogP contribution in [0.15, 0.2) is 48.5 Å². The average molecular weight is 299 g/mol. The summed E-state index contributed by atoms with van der Waals surface area (Å²) >= 11 is 0. The van der Waals surface area contributed by atoms with Gasteiger partial charge in [-0.1, -0.05) is 30.3 Å². The Morgan fingerprint density at radius 2 is 2.05 bits per heavy atom. The number of benzene rings is 2. The van der Waals surface area contributed by atoms with Crippen LogP contribution in [0.4, 0.5) is 4.79 Å². The fraction of sp³-hybridized carbons (Fsp3) is 0.235. The number of nitrogens with one attached hydrogen (secondary N) is 1. The highest BCUT2D eigenvalue weighted by molar-refractivity contribution is 5.69. The van der Waals surface area contributed by atoms with Crippen LogP contribution < -0.4 is 10.1 Å². The van der Waals surface area contributed by atoms with Crippen LogP contribution in [0.5, 0.6) is 11.5 Å². The molecule has 1 aliphatic rings. The molecule has 1 aliphatic heterocycles. The molecule has 1 saturated heterocycles. The minimum atomic E-state index is -0.458. The van der Waals surface area contributed by atoms with E-state index in [0.717, 1.165) is 5.56 Å². The number of ether oxygens (including phenoxy) is 2. The molecule has 0 saturated carbocycles. The number of cyclic esters (lactones) is 1. The van der Waals surface area contributed by atoms with Crippen LogP contribution >= 0.6 is 0 Å². The van der Waals surface area contributed by atoms with Gasteiger partial charge in [0.2, 0.25) is 0 Å². The summed E-state index contributed by atoms with van der Waals surface area (Å²) in [7, 11) is 0. The highest BCUT2D eigenvalue weighted by atomic mass is 16.5.